The third-order valence-electron chi connectivity index (χ3n) is 3.48. The quantitative estimate of drug-likeness (QED) is 0.837. The van der Waals surface area contributed by atoms with Crippen LogP contribution < -0.4 is 5.32 Å². The van der Waals surface area contributed by atoms with Gasteiger partial charge in [-0.25, -0.2) is 0 Å². The molecule has 0 aliphatic carbocycles. The van der Waals surface area contributed by atoms with Crippen molar-refractivity contribution in [1.82, 2.24) is 4.90 Å². The third-order valence-corrected chi connectivity index (χ3v) is 3.48. The number of benzene rings is 1. The summed E-state index contributed by atoms with van der Waals surface area (Å²) >= 11 is 0. The molecule has 1 fully saturated rings. The summed E-state index contributed by atoms with van der Waals surface area (Å²) in [6, 6.07) is 10.1. The molecule has 18 heavy (non-hydrogen) atoms. The predicted octanol–water partition coefficient (Wildman–Crippen LogP) is 2.04. The Morgan fingerprint density at radius 3 is 2.83 bits per heavy atom. The molecule has 1 aliphatic rings. The molecule has 0 amide bonds. The lowest BCUT2D eigenvalue weighted by Gasteiger charge is -2.23. The minimum atomic E-state index is -0.710. The van der Waals surface area contributed by atoms with Crippen LogP contribution in [0.3, 0.4) is 0 Å². The minimum absolute atomic E-state index is 0.340. The number of hydrogen-bond acceptors (Lipinski definition) is 3. The summed E-state index contributed by atoms with van der Waals surface area (Å²) in [5, 5.41) is 12.6. The topological polar surface area (TPSA) is 52.6 Å². The molecule has 98 valence electrons. The highest BCUT2D eigenvalue weighted by molar-refractivity contribution is 5.73. The molecule has 1 saturated heterocycles. The molecule has 2 rings (SSSR count). The molecule has 2 atom stereocenters. The van der Waals surface area contributed by atoms with Gasteiger partial charge in [-0.05, 0) is 25.0 Å². The molecule has 1 heterocycles. The molecule has 1 aromatic carbocycles. The number of carbonyl (C=O) groups is 1. The van der Waals surface area contributed by atoms with Gasteiger partial charge in [0, 0.05) is 24.8 Å². The van der Waals surface area contributed by atoms with Gasteiger partial charge < -0.3 is 10.4 Å². The summed E-state index contributed by atoms with van der Waals surface area (Å²) in [5.74, 6) is -0.710. The van der Waals surface area contributed by atoms with Gasteiger partial charge in [0.2, 0.25) is 0 Å². The van der Waals surface area contributed by atoms with Crippen LogP contribution in [0.5, 0.6) is 0 Å². The van der Waals surface area contributed by atoms with E-state index in [1.54, 1.807) is 0 Å². The molecular formula is C14H20N2O2. The van der Waals surface area contributed by atoms with Gasteiger partial charge in [0.25, 0.3) is 0 Å². The lowest BCUT2D eigenvalue weighted by molar-refractivity contribution is -0.143. The van der Waals surface area contributed by atoms with E-state index < -0.39 is 5.97 Å². The van der Waals surface area contributed by atoms with E-state index in [2.05, 4.69) is 10.2 Å². The maximum Gasteiger partial charge on any atom is 0.320 e. The molecule has 0 aromatic heterocycles. The van der Waals surface area contributed by atoms with Gasteiger partial charge in [0.15, 0.2) is 0 Å². The van der Waals surface area contributed by atoms with Gasteiger partial charge in [0.1, 0.15) is 6.04 Å². The SMILES string of the molecule is CC[C@@H](C(=O)O)N1CC[C@H](Nc2ccccc2)C1. The van der Waals surface area contributed by atoms with Crippen LogP contribution in [0.15, 0.2) is 30.3 Å². The standard InChI is InChI=1S/C14H20N2O2/c1-2-13(14(17)18)16-9-8-12(10-16)15-11-6-4-3-5-7-11/h3-7,12-13,15H,2,8-10H2,1H3,(H,17,18)/t12-,13-/m0/s1. The number of para-hydroxylation sites is 1. The monoisotopic (exact) mass is 248 g/mol. The van der Waals surface area contributed by atoms with Crippen molar-refractivity contribution in [3.8, 4) is 0 Å². The van der Waals surface area contributed by atoms with Crippen molar-refractivity contribution in [3.05, 3.63) is 30.3 Å². The van der Waals surface area contributed by atoms with Crippen molar-refractivity contribution in [1.29, 1.82) is 0 Å². The maximum atomic E-state index is 11.1. The first-order chi connectivity index (χ1) is 8.70. The van der Waals surface area contributed by atoms with Crippen LogP contribution in [0.2, 0.25) is 0 Å². The third kappa shape index (κ3) is 3.01. The zero-order chi connectivity index (χ0) is 13.0. The number of nitrogens with one attached hydrogen (secondary N) is 1. The first-order valence-corrected chi connectivity index (χ1v) is 6.49. The fraction of sp³-hybridized carbons (Fsp3) is 0.500. The van der Waals surface area contributed by atoms with Crippen molar-refractivity contribution in [2.45, 2.75) is 31.8 Å². The van der Waals surface area contributed by atoms with Crippen molar-refractivity contribution >= 4 is 11.7 Å². The number of rotatable bonds is 5. The van der Waals surface area contributed by atoms with Crippen molar-refractivity contribution in [3.63, 3.8) is 0 Å². The van der Waals surface area contributed by atoms with E-state index in [-0.39, 0.29) is 6.04 Å². The molecule has 0 bridgehead atoms. The largest absolute Gasteiger partial charge is 0.480 e. The maximum absolute atomic E-state index is 11.1. The number of likely N-dealkylation sites (tertiary alicyclic amines) is 1. The summed E-state index contributed by atoms with van der Waals surface area (Å²) in [4.78, 5) is 13.2. The van der Waals surface area contributed by atoms with E-state index in [4.69, 9.17) is 5.11 Å². The number of anilines is 1. The highest BCUT2D eigenvalue weighted by atomic mass is 16.4. The lowest BCUT2D eigenvalue weighted by Crippen LogP contribution is -2.40. The Labute approximate surface area is 108 Å². The summed E-state index contributed by atoms with van der Waals surface area (Å²) < 4.78 is 0. The van der Waals surface area contributed by atoms with Crippen LogP contribution in [0, 0.1) is 0 Å². The molecular weight excluding hydrogens is 228 g/mol. The highest BCUT2D eigenvalue weighted by Gasteiger charge is 2.30. The zero-order valence-corrected chi connectivity index (χ0v) is 10.7. The van der Waals surface area contributed by atoms with Crippen LogP contribution in [-0.4, -0.2) is 41.1 Å². The number of carboxylic acid groups (broad SMARTS) is 1. The molecule has 0 spiro atoms. The lowest BCUT2D eigenvalue weighted by atomic mass is 10.2. The normalized spacial score (nSPS) is 21.7. The van der Waals surface area contributed by atoms with E-state index in [1.165, 1.54) is 0 Å². The first kappa shape index (κ1) is 12.9. The van der Waals surface area contributed by atoms with Crippen LogP contribution >= 0.6 is 0 Å². The average Bonchev–Trinajstić information content (AvgIpc) is 2.79. The molecule has 1 aromatic rings. The Hall–Kier alpha value is -1.55. The van der Waals surface area contributed by atoms with E-state index in [9.17, 15) is 4.79 Å². The van der Waals surface area contributed by atoms with E-state index in [1.807, 2.05) is 37.3 Å². The van der Waals surface area contributed by atoms with E-state index in [0.29, 0.717) is 12.5 Å². The smallest absolute Gasteiger partial charge is 0.320 e. The molecule has 0 radical (unpaired) electrons. The van der Waals surface area contributed by atoms with Gasteiger partial charge in [-0.3, -0.25) is 9.69 Å². The van der Waals surface area contributed by atoms with Crippen molar-refractivity contribution < 1.29 is 9.90 Å². The number of aliphatic carboxylic acids is 1. The summed E-state index contributed by atoms with van der Waals surface area (Å²) in [6.07, 6.45) is 1.66. The van der Waals surface area contributed by atoms with Gasteiger partial charge in [-0.2, -0.15) is 0 Å². The zero-order valence-electron chi connectivity index (χ0n) is 10.7. The Morgan fingerprint density at radius 1 is 1.50 bits per heavy atom. The first-order valence-electron chi connectivity index (χ1n) is 6.49. The second-order valence-corrected chi connectivity index (χ2v) is 4.75. The van der Waals surface area contributed by atoms with Gasteiger partial charge in [-0.1, -0.05) is 25.1 Å². The van der Waals surface area contributed by atoms with Gasteiger partial charge >= 0.3 is 5.97 Å². The van der Waals surface area contributed by atoms with Crippen LogP contribution in [0.25, 0.3) is 0 Å². The molecule has 4 nitrogen and oxygen atoms in total. The van der Waals surface area contributed by atoms with Crippen LogP contribution in [-0.2, 0) is 4.79 Å². The Balaban J connectivity index is 1.90. The summed E-state index contributed by atoms with van der Waals surface area (Å²) in [7, 11) is 0. The second kappa shape index (κ2) is 5.87. The van der Waals surface area contributed by atoms with Crippen molar-refractivity contribution in [2.24, 2.45) is 0 Å². The fourth-order valence-electron chi connectivity index (χ4n) is 2.55. The Morgan fingerprint density at radius 2 is 2.22 bits per heavy atom. The minimum Gasteiger partial charge on any atom is -0.480 e. The molecule has 0 saturated carbocycles. The van der Waals surface area contributed by atoms with Crippen molar-refractivity contribution in [2.75, 3.05) is 18.4 Å². The molecule has 0 unspecified atom stereocenters. The average molecular weight is 248 g/mol. The highest BCUT2D eigenvalue weighted by Crippen LogP contribution is 2.18. The predicted molar refractivity (Wildman–Crippen MR) is 71.8 cm³/mol. The van der Waals surface area contributed by atoms with Crippen LogP contribution in [0.4, 0.5) is 5.69 Å². The molecule has 1 aliphatic heterocycles. The number of carboxylic acids is 1. The van der Waals surface area contributed by atoms with Crippen LogP contribution in [0.1, 0.15) is 19.8 Å². The summed E-state index contributed by atoms with van der Waals surface area (Å²) in [5.41, 5.74) is 1.10. The second-order valence-electron chi connectivity index (χ2n) is 4.75. The van der Waals surface area contributed by atoms with Gasteiger partial charge in [0.05, 0.1) is 0 Å². The van der Waals surface area contributed by atoms with E-state index in [0.717, 1.165) is 25.2 Å². The number of hydrogen-bond donors (Lipinski definition) is 2. The van der Waals surface area contributed by atoms with E-state index >= 15 is 0 Å². The Bertz CT molecular complexity index is 394. The Kier molecular flexibility index (Phi) is 4.20. The molecule has 4 heteroatoms. The molecule has 2 N–H and O–H groups in total. The fourth-order valence-corrected chi connectivity index (χ4v) is 2.55. The summed E-state index contributed by atoms with van der Waals surface area (Å²) in [6.45, 7) is 3.59. The van der Waals surface area contributed by atoms with Gasteiger partial charge in [-0.15, -0.1) is 0 Å². The number of nitrogens with zero attached hydrogens (tertiary/aromatic N) is 1.